The minimum Gasteiger partial charge on any atom is -0.356 e. The molecule has 0 bridgehead atoms. The third kappa shape index (κ3) is 6.64. The highest BCUT2D eigenvalue weighted by atomic mass is 127. The summed E-state index contributed by atoms with van der Waals surface area (Å²) in [6.45, 7) is 2.64. The highest BCUT2D eigenvalue weighted by molar-refractivity contribution is 14.0. The van der Waals surface area contributed by atoms with Crippen LogP contribution in [0.2, 0.25) is 5.02 Å². The Balaban J connectivity index is 0.00000261. The Morgan fingerprint density at radius 1 is 1.15 bits per heavy atom. The summed E-state index contributed by atoms with van der Waals surface area (Å²) in [5.74, 6) is 3.02. The minimum absolute atomic E-state index is 0. The maximum absolute atomic E-state index is 6.02. The molecule has 0 saturated carbocycles. The molecule has 3 rings (SSSR count). The highest BCUT2D eigenvalue weighted by Crippen LogP contribution is 2.14. The molecule has 2 aromatic rings. The summed E-state index contributed by atoms with van der Waals surface area (Å²) < 4.78 is 2.30. The molecule has 148 valence electrons. The Kier molecular flexibility index (Phi) is 9.33. The van der Waals surface area contributed by atoms with E-state index in [1.165, 1.54) is 24.8 Å². The van der Waals surface area contributed by atoms with Crippen LogP contribution >= 0.6 is 35.6 Å². The summed E-state index contributed by atoms with van der Waals surface area (Å²) in [7, 11) is 1.79. The number of hydrogen-bond acceptors (Lipinski definition) is 3. The molecule has 0 saturated heterocycles. The van der Waals surface area contributed by atoms with Crippen LogP contribution in [0, 0.1) is 0 Å². The minimum atomic E-state index is 0. The van der Waals surface area contributed by atoms with E-state index in [1.807, 2.05) is 18.2 Å². The van der Waals surface area contributed by atoms with Gasteiger partial charge in [-0.2, -0.15) is 0 Å². The average Bonchev–Trinajstić information content (AvgIpc) is 2.87. The van der Waals surface area contributed by atoms with E-state index in [4.69, 9.17) is 11.6 Å². The second-order valence-electron chi connectivity index (χ2n) is 6.55. The molecule has 0 amide bonds. The lowest BCUT2D eigenvalue weighted by Gasteiger charge is -2.12. The molecular weight excluding hydrogens is 475 g/mol. The first kappa shape index (κ1) is 21.9. The number of aliphatic imine (C=N–C) groups is 1. The molecule has 1 aromatic heterocycles. The molecule has 8 heteroatoms. The Bertz CT molecular complexity index is 746. The number of halogens is 2. The van der Waals surface area contributed by atoms with Gasteiger partial charge >= 0.3 is 0 Å². The molecule has 2 heterocycles. The molecule has 1 aliphatic heterocycles. The van der Waals surface area contributed by atoms with Crippen molar-refractivity contribution in [1.29, 1.82) is 0 Å². The van der Waals surface area contributed by atoms with Crippen LogP contribution in [-0.4, -0.2) is 40.9 Å². The molecule has 2 N–H and O–H groups in total. The lowest BCUT2D eigenvalue weighted by molar-refractivity contribution is 0.600. The molecular formula is C19H28ClIN6. The van der Waals surface area contributed by atoms with Gasteiger partial charge in [-0.05, 0) is 37.0 Å². The van der Waals surface area contributed by atoms with Gasteiger partial charge in [0.2, 0.25) is 0 Å². The summed E-state index contributed by atoms with van der Waals surface area (Å²) in [4.78, 5) is 4.28. The molecule has 0 fully saturated rings. The summed E-state index contributed by atoms with van der Waals surface area (Å²) >= 11 is 6.02. The Morgan fingerprint density at radius 2 is 1.96 bits per heavy atom. The summed E-state index contributed by atoms with van der Waals surface area (Å²) in [5.41, 5.74) is 1.21. The summed E-state index contributed by atoms with van der Waals surface area (Å²) in [6, 6.07) is 7.95. The van der Waals surface area contributed by atoms with Crippen molar-refractivity contribution in [2.45, 2.75) is 45.1 Å². The lowest BCUT2D eigenvalue weighted by atomic mass is 10.1. The normalized spacial score (nSPS) is 14.1. The van der Waals surface area contributed by atoms with E-state index >= 15 is 0 Å². The zero-order valence-electron chi connectivity index (χ0n) is 15.7. The number of aryl methyl sites for hydroxylation is 1. The van der Waals surface area contributed by atoms with Crippen LogP contribution in [0.15, 0.2) is 29.3 Å². The molecule has 0 aliphatic carbocycles. The van der Waals surface area contributed by atoms with Crippen LogP contribution < -0.4 is 10.6 Å². The maximum atomic E-state index is 6.02. The molecule has 27 heavy (non-hydrogen) atoms. The van der Waals surface area contributed by atoms with Gasteiger partial charge in [-0.1, -0.05) is 30.2 Å². The van der Waals surface area contributed by atoms with Crippen molar-refractivity contribution in [3.05, 3.63) is 46.5 Å². The molecule has 0 spiro atoms. The van der Waals surface area contributed by atoms with Crippen LogP contribution in [0.5, 0.6) is 0 Å². The fourth-order valence-electron chi connectivity index (χ4n) is 3.26. The van der Waals surface area contributed by atoms with E-state index < -0.39 is 0 Å². The predicted molar refractivity (Wildman–Crippen MR) is 121 cm³/mol. The van der Waals surface area contributed by atoms with Crippen molar-refractivity contribution in [1.82, 2.24) is 25.4 Å². The molecule has 1 aromatic carbocycles. The molecule has 0 unspecified atom stereocenters. The van der Waals surface area contributed by atoms with Crippen molar-refractivity contribution < 1.29 is 0 Å². The van der Waals surface area contributed by atoms with Crippen molar-refractivity contribution >= 4 is 41.5 Å². The number of guanidine groups is 1. The number of benzene rings is 1. The first-order chi connectivity index (χ1) is 12.8. The lowest BCUT2D eigenvalue weighted by Crippen LogP contribution is -2.39. The second-order valence-corrected chi connectivity index (χ2v) is 6.99. The fourth-order valence-corrected chi connectivity index (χ4v) is 3.47. The molecule has 6 nitrogen and oxygen atoms in total. The van der Waals surface area contributed by atoms with Crippen LogP contribution in [0.25, 0.3) is 0 Å². The zero-order valence-corrected chi connectivity index (χ0v) is 18.8. The van der Waals surface area contributed by atoms with Gasteiger partial charge in [0.15, 0.2) is 5.96 Å². The number of fused-ring (bicyclic) bond motifs is 1. The van der Waals surface area contributed by atoms with Crippen LogP contribution in [0.4, 0.5) is 0 Å². The zero-order chi connectivity index (χ0) is 18.2. The van der Waals surface area contributed by atoms with E-state index in [0.717, 1.165) is 61.5 Å². The van der Waals surface area contributed by atoms with Crippen molar-refractivity contribution in [2.24, 2.45) is 4.99 Å². The Labute approximate surface area is 183 Å². The van der Waals surface area contributed by atoms with Crippen molar-refractivity contribution in [3.63, 3.8) is 0 Å². The van der Waals surface area contributed by atoms with Crippen LogP contribution in [0.3, 0.4) is 0 Å². The number of nitrogens with zero attached hydrogens (tertiary/aromatic N) is 4. The van der Waals surface area contributed by atoms with E-state index in [1.54, 1.807) is 7.05 Å². The highest BCUT2D eigenvalue weighted by Gasteiger charge is 2.14. The molecule has 0 radical (unpaired) electrons. The first-order valence-corrected chi connectivity index (χ1v) is 9.74. The predicted octanol–water partition coefficient (Wildman–Crippen LogP) is 3.23. The van der Waals surface area contributed by atoms with Gasteiger partial charge in [0, 0.05) is 44.5 Å². The largest absolute Gasteiger partial charge is 0.356 e. The number of hydrogen-bond donors (Lipinski definition) is 2. The van der Waals surface area contributed by atoms with Crippen molar-refractivity contribution in [3.8, 4) is 0 Å². The van der Waals surface area contributed by atoms with Crippen LogP contribution in [-0.2, 0) is 25.8 Å². The van der Waals surface area contributed by atoms with E-state index in [0.29, 0.717) is 0 Å². The van der Waals surface area contributed by atoms with Crippen molar-refractivity contribution in [2.75, 3.05) is 20.1 Å². The molecule has 1 aliphatic rings. The average molecular weight is 503 g/mol. The third-order valence-electron chi connectivity index (χ3n) is 4.65. The Morgan fingerprint density at radius 3 is 2.74 bits per heavy atom. The van der Waals surface area contributed by atoms with Gasteiger partial charge in [0.05, 0.1) is 0 Å². The summed E-state index contributed by atoms with van der Waals surface area (Å²) in [6.07, 6.45) is 6.52. The monoisotopic (exact) mass is 502 g/mol. The SMILES string of the molecule is CN=C(NCCc1cccc(Cl)c1)NCCc1nnc2n1CCCCC2.I. The maximum Gasteiger partial charge on any atom is 0.191 e. The van der Waals surface area contributed by atoms with E-state index in [9.17, 15) is 0 Å². The van der Waals surface area contributed by atoms with Gasteiger partial charge in [-0.15, -0.1) is 34.2 Å². The fraction of sp³-hybridized carbons (Fsp3) is 0.526. The smallest absolute Gasteiger partial charge is 0.191 e. The standard InChI is InChI=1S/C19H27ClN6.HI/c1-21-19(22-11-9-15-6-5-7-16(20)14-15)23-12-10-18-25-24-17-8-3-2-4-13-26(17)18;/h5-7,14H,2-4,8-13H2,1H3,(H2,21,22,23);1H. The topological polar surface area (TPSA) is 67.1 Å². The van der Waals surface area contributed by atoms with Gasteiger partial charge in [-0.3, -0.25) is 4.99 Å². The van der Waals surface area contributed by atoms with Gasteiger partial charge < -0.3 is 15.2 Å². The van der Waals surface area contributed by atoms with E-state index in [2.05, 4.69) is 36.5 Å². The Hall–Kier alpha value is -1.35. The van der Waals surface area contributed by atoms with Crippen LogP contribution in [0.1, 0.15) is 36.5 Å². The number of rotatable bonds is 6. The van der Waals surface area contributed by atoms with Gasteiger partial charge in [-0.25, -0.2) is 0 Å². The third-order valence-corrected chi connectivity index (χ3v) is 4.88. The first-order valence-electron chi connectivity index (χ1n) is 9.36. The van der Waals surface area contributed by atoms with E-state index in [-0.39, 0.29) is 24.0 Å². The second kappa shape index (κ2) is 11.5. The number of nitrogens with one attached hydrogen (secondary N) is 2. The summed E-state index contributed by atoms with van der Waals surface area (Å²) in [5, 5.41) is 16.2. The number of aromatic nitrogens is 3. The quantitative estimate of drug-likeness (QED) is 0.362. The van der Waals surface area contributed by atoms with Gasteiger partial charge in [0.25, 0.3) is 0 Å². The van der Waals surface area contributed by atoms with Gasteiger partial charge in [0.1, 0.15) is 11.6 Å². The molecule has 0 atom stereocenters.